The number of amides is 4. The number of ketones is 1. The molecule has 638 valence electrons. The van der Waals surface area contributed by atoms with Crippen molar-refractivity contribution in [2.24, 2.45) is 44.3 Å². The third-order valence-corrected chi connectivity index (χ3v) is 25.5. The zero-order valence-corrected chi connectivity index (χ0v) is 71.5. The van der Waals surface area contributed by atoms with Crippen LogP contribution in [0.1, 0.15) is 137 Å². The molecule has 0 radical (unpaired) electrons. The second-order valence-corrected chi connectivity index (χ2v) is 34.3. The molecule has 17 rings (SSSR count). The van der Waals surface area contributed by atoms with Gasteiger partial charge in [-0.25, -0.2) is 19.4 Å². The fourth-order valence-electron chi connectivity index (χ4n) is 17.6. The number of aliphatic hydroxyl groups is 2. The fourth-order valence-corrected chi connectivity index (χ4v) is 18.7. The quantitative estimate of drug-likeness (QED) is 0.0329. The first-order chi connectivity index (χ1) is 57.1. The fraction of sp³-hybridized carbons (Fsp3) is 0.435. The van der Waals surface area contributed by atoms with E-state index < -0.39 is 63.8 Å². The van der Waals surface area contributed by atoms with E-state index in [1.54, 1.807) is 51.9 Å². The van der Waals surface area contributed by atoms with E-state index in [0.717, 1.165) is 113 Å². The molecule has 1 spiro atoms. The predicted octanol–water partition coefficient (Wildman–Crippen LogP) is 12.1. The Labute approximate surface area is 704 Å². The van der Waals surface area contributed by atoms with Crippen molar-refractivity contribution in [3.63, 3.8) is 0 Å². The number of aliphatic carboxylic acids is 1. The lowest BCUT2D eigenvalue weighted by Gasteiger charge is -2.62. The monoisotopic (exact) mass is 1660 g/mol. The van der Waals surface area contributed by atoms with Crippen LogP contribution >= 0.6 is 11.8 Å². The van der Waals surface area contributed by atoms with Crippen LogP contribution in [0.3, 0.4) is 0 Å². The van der Waals surface area contributed by atoms with Gasteiger partial charge in [0.15, 0.2) is 34.6 Å². The van der Waals surface area contributed by atoms with Crippen LogP contribution in [-0.2, 0) is 57.8 Å². The van der Waals surface area contributed by atoms with E-state index in [9.17, 15) is 53.7 Å². The molecule has 9 aromatic rings. The Hall–Kier alpha value is -11.0. The molecule has 3 aromatic heterocycles. The van der Waals surface area contributed by atoms with Gasteiger partial charge in [0, 0.05) is 92.9 Å². The van der Waals surface area contributed by atoms with Crippen molar-refractivity contribution in [3.05, 3.63) is 213 Å². The molecule has 2 bridgehead atoms. The summed E-state index contributed by atoms with van der Waals surface area (Å²) < 4.78 is 20.5. The molecular weight excluding hydrogens is 1550 g/mol. The first-order valence-corrected chi connectivity index (χ1v) is 41.6. The number of barbiturate groups is 1. The number of aromatic hydroxyl groups is 1. The molecule has 5 fully saturated rings. The van der Waals surface area contributed by atoms with Crippen molar-refractivity contribution in [1.29, 1.82) is 0 Å². The van der Waals surface area contributed by atoms with E-state index in [0.29, 0.717) is 48.1 Å². The Bertz CT molecular complexity index is 5310. The van der Waals surface area contributed by atoms with Gasteiger partial charge in [0.05, 0.1) is 60.0 Å². The maximum absolute atomic E-state index is 12.7. The number of carbonyl (C=O) groups is 6. The number of phenols is 1. The molecule has 7 N–H and O–H groups in total. The van der Waals surface area contributed by atoms with E-state index >= 15 is 0 Å². The summed E-state index contributed by atoms with van der Waals surface area (Å²) in [5.41, 5.74) is 3.41. The maximum Gasteiger partial charge on any atom is 0.337 e. The lowest BCUT2D eigenvalue weighted by Crippen LogP contribution is -2.76. The highest BCUT2D eigenvalue weighted by Crippen LogP contribution is 2.65. The van der Waals surface area contributed by atoms with E-state index in [1.807, 2.05) is 92.3 Å². The van der Waals surface area contributed by atoms with Crippen LogP contribution in [-0.4, -0.2) is 192 Å². The smallest absolute Gasteiger partial charge is 0.337 e. The molecule has 2 saturated heterocycles. The summed E-state index contributed by atoms with van der Waals surface area (Å²) in [7, 11) is 16.5. The van der Waals surface area contributed by atoms with Gasteiger partial charge in [-0.1, -0.05) is 111 Å². The summed E-state index contributed by atoms with van der Waals surface area (Å²) >= 11 is 1.87. The van der Waals surface area contributed by atoms with Crippen LogP contribution in [0.25, 0.3) is 21.9 Å². The Morgan fingerprint density at radius 1 is 0.758 bits per heavy atom. The number of carboxylic acid groups (broad SMARTS) is 2. The number of piperidine rings is 1. The van der Waals surface area contributed by atoms with Crippen molar-refractivity contribution in [2.75, 3.05) is 73.5 Å². The number of likely N-dealkylation sites (tertiary alicyclic amines) is 1. The molecular formula is C92H113N11O16S. The lowest BCUT2D eigenvalue weighted by molar-refractivity contribution is -0.188. The summed E-state index contributed by atoms with van der Waals surface area (Å²) in [5.74, 6) is 0.177. The number of rotatable bonds is 17. The number of aromatic nitrogens is 5. The number of imide groups is 2. The van der Waals surface area contributed by atoms with Crippen LogP contribution < -0.4 is 41.0 Å². The number of hydrogen-bond donors (Lipinski definition) is 7. The number of imidazole rings is 1. The van der Waals surface area contributed by atoms with Gasteiger partial charge >= 0.3 is 23.7 Å². The molecule has 28 heteroatoms. The van der Waals surface area contributed by atoms with Gasteiger partial charge in [-0.2, -0.15) is 0 Å². The highest BCUT2D eigenvalue weighted by Gasteiger charge is 2.73. The van der Waals surface area contributed by atoms with Crippen LogP contribution in [0.15, 0.2) is 184 Å². The van der Waals surface area contributed by atoms with Crippen LogP contribution in [0.4, 0.5) is 16.2 Å². The van der Waals surface area contributed by atoms with Gasteiger partial charge in [-0.05, 0) is 212 Å². The maximum atomic E-state index is 12.7. The summed E-state index contributed by atoms with van der Waals surface area (Å²) in [4.78, 5) is 111. The number of ether oxygens (including phenoxy) is 3. The third kappa shape index (κ3) is 18.9. The van der Waals surface area contributed by atoms with E-state index in [4.69, 9.17) is 24.4 Å². The summed E-state index contributed by atoms with van der Waals surface area (Å²) in [5, 5.41) is 57.1. The average molecular weight is 1660 g/mol. The minimum atomic E-state index is -1.19. The Balaban J connectivity index is 0.000000139. The number of hydrogen-bond acceptors (Lipinski definition) is 21. The topological polar surface area (TPSA) is 343 Å². The first-order valence-electron chi connectivity index (χ1n) is 40.8. The average Bonchev–Trinajstić information content (AvgIpc) is 1.45. The number of Topliss-reactive ketones (excluding diaryl/α,β-unsaturated/α-hetero) is 1. The van der Waals surface area contributed by atoms with Gasteiger partial charge in [0.1, 0.15) is 16.9 Å². The SMILES string of the molecule is C=CCC1(CC(C)C)C(=O)NC(=O)NC1=O.CC(CN1c2ccccc2Sc2ccccc21)N(C)C.COc1ccc2cc([C@H](C)C(=O)O)ccc2c1.COc1cccc([C@@]2(O)CCCC[C@@H]2CN(C)C)c1.Cn1c(=O)c2c(ncn2C)n(C)c1=O.O=C(O)c1cccnc1.O=C1CC[C@@]2(O)[C@H]3Cc4ccc(O)c5c4[C@@]2(CCN3CC2CC2)[C@H]1O5. The molecule has 6 aromatic carbocycles. The van der Waals surface area contributed by atoms with Crippen molar-refractivity contribution in [3.8, 4) is 23.0 Å². The predicted molar refractivity (Wildman–Crippen MR) is 462 cm³/mol. The number of carboxylic acids is 2. The number of nitrogens with one attached hydrogen (secondary N) is 2. The number of fused-ring (bicyclic) bond motifs is 4. The number of benzene rings is 6. The summed E-state index contributed by atoms with van der Waals surface area (Å²) in [6, 6.07) is 43.2. The number of anilines is 2. The number of carbonyl (C=O) groups excluding carboxylic acids is 4. The molecule has 4 amide bonds. The molecule has 7 heterocycles. The molecule has 4 aliphatic carbocycles. The number of urea groups is 1. The van der Waals surface area contributed by atoms with E-state index in [-0.39, 0.29) is 46.7 Å². The first kappa shape index (κ1) is 89.8. The largest absolute Gasteiger partial charge is 0.504 e. The van der Waals surface area contributed by atoms with Gasteiger partial charge in [-0.3, -0.25) is 53.6 Å². The van der Waals surface area contributed by atoms with Gasteiger partial charge < -0.3 is 59.0 Å². The van der Waals surface area contributed by atoms with Crippen molar-refractivity contribution < 1.29 is 68.5 Å². The Morgan fingerprint density at radius 2 is 1.42 bits per heavy atom. The van der Waals surface area contributed by atoms with Crippen molar-refractivity contribution in [1.82, 2.24) is 49.0 Å². The minimum absolute atomic E-state index is 0.0454. The lowest BCUT2D eigenvalue weighted by atomic mass is 9.49. The molecule has 8 atom stereocenters. The van der Waals surface area contributed by atoms with Crippen LogP contribution in [0, 0.1) is 23.2 Å². The number of methoxy groups -OCH3 is 2. The standard InChI is InChI=1S/C20H23NO4.C17H20N2S.C16H25NO2.C14H14O3.C11H16N2O3.C8H10N4O2.C6H5NO2/c22-13-4-3-12-9-15-20(24)6-5-14(23)18-19(20,16(12)17(13)25-18)7-8-21(15)10-11-1-2-11;1-13(18(2)3)12-19-14-8-4-6-10-16(14)20-17-11-7-5-9-15(17)19;1-17(2)12-14-7-4-5-10-16(14,18)13-8-6-9-15(11-13)19-3;1-9(14(15)16)10-3-4-12-8-13(17-2)6-5-11(12)7-10;1-4-5-11(6-7(2)3)8(14)12-10(16)13-9(11)15;1-10-4-9-6-5(10)7(13)12(3)8(14)11(6)2;8-6(9)5-2-1-3-7-4-5/h3-4,11,15,18,22,24H,1-2,5-10H2;4-11,13H,12H2,1-3H3;6,8-9,11,14,18H,4-5,7,10,12H2,1-3H3;3-9H,1-2H3,(H,15,16);4,7H,1,5-6H2,2-3H3,(H2,12,13,14,15,16);4H,1-3H3;1-4H,(H,8,9)/t15-,18+,19+,20-;;14-,16+;9-;;;/m1.10.../s1. The normalized spacial score (nSPS) is 21.8. The zero-order chi connectivity index (χ0) is 86.9. The van der Waals surface area contributed by atoms with Crippen LogP contribution in [0.5, 0.6) is 23.0 Å². The molecule has 8 aliphatic rings. The van der Waals surface area contributed by atoms with Crippen molar-refractivity contribution in [2.45, 2.75) is 155 Å². The van der Waals surface area contributed by atoms with Gasteiger partial charge in [0.25, 0.3) is 5.56 Å². The van der Waals surface area contributed by atoms with E-state index in [2.05, 4.69) is 130 Å². The highest BCUT2D eigenvalue weighted by atomic mass is 32.2. The number of para-hydroxylation sites is 2. The zero-order valence-electron chi connectivity index (χ0n) is 70.7. The number of phenolic OH excluding ortho intramolecular Hbond substituents is 1. The summed E-state index contributed by atoms with van der Waals surface area (Å²) in [6.07, 6.45) is 15.1. The molecule has 4 aliphatic heterocycles. The van der Waals surface area contributed by atoms with Gasteiger partial charge in [-0.15, -0.1) is 6.58 Å². The Kier molecular flexibility index (Phi) is 28.5. The second kappa shape index (κ2) is 38.2. The second-order valence-electron chi connectivity index (χ2n) is 33.3. The number of pyridine rings is 1. The third-order valence-electron chi connectivity index (χ3n) is 24.3. The molecule has 27 nitrogen and oxygen atoms in total. The number of aromatic carboxylic acids is 1. The van der Waals surface area contributed by atoms with Crippen molar-refractivity contribution >= 4 is 80.6 Å². The van der Waals surface area contributed by atoms with Gasteiger partial charge in [0.2, 0.25) is 11.8 Å². The number of allylic oxidation sites excluding steroid dienone is 1. The molecule has 1 unspecified atom stereocenters. The molecule has 3 saturated carbocycles. The number of likely N-dealkylation sites (N-methyl/N-ethyl adjacent to an activating group) is 1. The van der Waals surface area contributed by atoms with Crippen LogP contribution in [0.2, 0.25) is 0 Å². The van der Waals surface area contributed by atoms with E-state index in [1.165, 1.54) is 82.9 Å². The minimum Gasteiger partial charge on any atom is -0.504 e. The number of nitrogens with zero attached hydrogens (tertiary/aromatic N) is 9. The summed E-state index contributed by atoms with van der Waals surface area (Å²) in [6.45, 7) is 15.2. The molecule has 120 heavy (non-hydrogen) atoms. The number of aryl methyl sites for hydroxylation is 2. The highest BCUT2D eigenvalue weighted by molar-refractivity contribution is 7.99. The Morgan fingerprint density at radius 3 is 2.02 bits per heavy atom.